The van der Waals surface area contributed by atoms with E-state index in [1.165, 1.54) is 16.6 Å². The Morgan fingerprint density at radius 1 is 1.02 bits per heavy atom. The summed E-state index contributed by atoms with van der Waals surface area (Å²) >= 11 is 0. The zero-order valence-electron chi connectivity index (χ0n) is 25.9. The highest BCUT2D eigenvalue weighted by Crippen LogP contribution is 2.26. The maximum Gasteiger partial charge on any atom is 0.407 e. The summed E-state index contributed by atoms with van der Waals surface area (Å²) < 4.78 is 46.0. The monoisotopic (exact) mass is 623 g/mol. The molecule has 0 saturated carbocycles. The molecular weight excluding hydrogens is 588 g/mol. The van der Waals surface area contributed by atoms with Crippen LogP contribution in [-0.2, 0) is 16.1 Å². The number of hydrogen-bond donors (Lipinski definition) is 2. The minimum absolute atomic E-state index is 0.0294. The predicted molar refractivity (Wildman–Crippen MR) is 160 cm³/mol. The number of halogens is 2. The Morgan fingerprint density at radius 3 is 2.38 bits per heavy atom. The van der Waals surface area contributed by atoms with Crippen molar-refractivity contribution in [3.05, 3.63) is 93.9 Å². The number of nitrogens with zero attached hydrogens (tertiary/aromatic N) is 3. The number of alkyl carbamates (subject to hydrolysis) is 1. The number of carbonyl (C=O) groups excluding carboxylic acids is 3. The van der Waals surface area contributed by atoms with Crippen LogP contribution in [0.4, 0.5) is 13.6 Å². The van der Waals surface area contributed by atoms with E-state index in [0.717, 1.165) is 12.1 Å². The molecule has 0 aliphatic rings. The number of amides is 2. The van der Waals surface area contributed by atoms with Gasteiger partial charge >= 0.3 is 12.1 Å². The Hall–Kier alpha value is -5.07. The van der Waals surface area contributed by atoms with Crippen LogP contribution in [0.15, 0.2) is 48.5 Å². The highest BCUT2D eigenvalue weighted by molar-refractivity contribution is 6.02. The molecular formula is C32H35F2N5O6. The van der Waals surface area contributed by atoms with Gasteiger partial charge in [-0.15, -0.1) is 0 Å². The molecule has 0 aliphatic heterocycles. The fraction of sp³-hybridized carbons (Fsp3) is 0.344. The number of ether oxygens (including phenoxy) is 3. The van der Waals surface area contributed by atoms with Crippen LogP contribution >= 0.6 is 0 Å². The molecule has 3 aromatic heterocycles. The lowest BCUT2D eigenvalue weighted by Gasteiger charge is -2.23. The number of fused-ring (bicyclic) bond motifs is 1. The fourth-order valence-corrected chi connectivity index (χ4v) is 4.48. The second kappa shape index (κ2) is 13.7. The molecule has 238 valence electrons. The molecule has 1 atom stereocenters. The average molecular weight is 624 g/mol. The van der Waals surface area contributed by atoms with Gasteiger partial charge in [0.1, 0.15) is 29.5 Å². The minimum Gasteiger partial charge on any atom is -0.473 e. The first-order valence-electron chi connectivity index (χ1n) is 14.2. The molecule has 0 radical (unpaired) electrons. The number of rotatable bonds is 10. The zero-order chi connectivity index (χ0) is 32.9. The second-order valence-corrected chi connectivity index (χ2v) is 11.2. The lowest BCUT2D eigenvalue weighted by Crippen LogP contribution is -2.40. The van der Waals surface area contributed by atoms with E-state index in [9.17, 15) is 23.2 Å². The number of hydrogen-bond acceptors (Lipinski definition) is 8. The summed E-state index contributed by atoms with van der Waals surface area (Å²) in [6, 6.07) is 10.7. The third-order valence-corrected chi connectivity index (χ3v) is 6.44. The molecule has 1 unspecified atom stereocenters. The van der Waals surface area contributed by atoms with Gasteiger partial charge in [0.05, 0.1) is 40.7 Å². The largest absolute Gasteiger partial charge is 0.473 e. The summed E-state index contributed by atoms with van der Waals surface area (Å²) in [6.45, 7) is 9.86. The van der Waals surface area contributed by atoms with Crippen molar-refractivity contribution in [3.63, 3.8) is 0 Å². The van der Waals surface area contributed by atoms with E-state index < -0.39 is 47.9 Å². The Labute approximate surface area is 258 Å². The van der Waals surface area contributed by atoms with Crippen molar-refractivity contribution >= 4 is 23.5 Å². The van der Waals surface area contributed by atoms with E-state index in [4.69, 9.17) is 14.2 Å². The van der Waals surface area contributed by atoms with Gasteiger partial charge in [0.2, 0.25) is 5.88 Å². The number of carbonyl (C=O) groups is 3. The molecule has 2 N–H and O–H groups in total. The second-order valence-electron chi connectivity index (χ2n) is 11.2. The molecule has 45 heavy (non-hydrogen) atoms. The van der Waals surface area contributed by atoms with Crippen LogP contribution in [0.1, 0.15) is 77.1 Å². The molecule has 13 heteroatoms. The number of esters is 1. The van der Waals surface area contributed by atoms with Gasteiger partial charge in [-0.05, 0) is 77.4 Å². The SMILES string of the molecule is CCOC(=O)c1cccc(C(CNC(=O)OC(C)(C)C)NC(=O)c2c(C)nn3c(OCc4c(F)cccc4F)cc(C)cc23)n1. The molecule has 3 heterocycles. The van der Waals surface area contributed by atoms with E-state index in [1.54, 1.807) is 65.8 Å². The summed E-state index contributed by atoms with van der Waals surface area (Å²) in [6.07, 6.45) is -0.709. The highest BCUT2D eigenvalue weighted by atomic mass is 19.1. The van der Waals surface area contributed by atoms with E-state index in [1.807, 2.05) is 0 Å². The van der Waals surface area contributed by atoms with Gasteiger partial charge in [0.15, 0.2) is 0 Å². The Kier molecular flexibility index (Phi) is 10.00. The highest BCUT2D eigenvalue weighted by Gasteiger charge is 2.26. The summed E-state index contributed by atoms with van der Waals surface area (Å²) in [7, 11) is 0. The van der Waals surface area contributed by atoms with Gasteiger partial charge in [-0.25, -0.2) is 23.4 Å². The van der Waals surface area contributed by atoms with E-state index in [-0.39, 0.29) is 41.5 Å². The molecule has 11 nitrogen and oxygen atoms in total. The maximum atomic E-state index is 14.2. The molecule has 2 amide bonds. The van der Waals surface area contributed by atoms with Crippen molar-refractivity contribution in [1.82, 2.24) is 25.2 Å². The first-order chi connectivity index (χ1) is 21.3. The third kappa shape index (κ3) is 8.11. The summed E-state index contributed by atoms with van der Waals surface area (Å²) in [5.41, 5.74) is 0.930. The van der Waals surface area contributed by atoms with Crippen molar-refractivity contribution in [2.45, 2.75) is 59.8 Å². The van der Waals surface area contributed by atoms with Gasteiger partial charge in [-0.2, -0.15) is 9.61 Å². The molecule has 4 rings (SSSR count). The van der Waals surface area contributed by atoms with Gasteiger partial charge in [0, 0.05) is 12.6 Å². The number of pyridine rings is 2. The van der Waals surface area contributed by atoms with Gasteiger partial charge in [-0.1, -0.05) is 12.1 Å². The van der Waals surface area contributed by atoms with E-state index in [2.05, 4.69) is 20.7 Å². The molecule has 0 fully saturated rings. The first kappa shape index (κ1) is 32.8. The lowest BCUT2D eigenvalue weighted by molar-refractivity contribution is 0.0506. The van der Waals surface area contributed by atoms with Gasteiger partial charge in [0.25, 0.3) is 5.91 Å². The molecule has 1 aromatic carbocycles. The van der Waals surface area contributed by atoms with Crippen molar-refractivity contribution in [2.75, 3.05) is 13.2 Å². The van der Waals surface area contributed by atoms with Crippen LogP contribution in [0, 0.1) is 25.5 Å². The third-order valence-electron chi connectivity index (χ3n) is 6.44. The van der Waals surface area contributed by atoms with Gasteiger partial charge < -0.3 is 24.8 Å². The number of benzene rings is 1. The minimum atomic E-state index is -0.904. The lowest BCUT2D eigenvalue weighted by atomic mass is 10.1. The smallest absolute Gasteiger partial charge is 0.407 e. The quantitative estimate of drug-likeness (QED) is 0.225. The van der Waals surface area contributed by atoms with Crippen molar-refractivity contribution < 1.29 is 37.4 Å². The molecule has 0 aliphatic carbocycles. The Morgan fingerprint density at radius 2 is 1.71 bits per heavy atom. The van der Waals surface area contributed by atoms with Crippen LogP contribution in [0.3, 0.4) is 0 Å². The van der Waals surface area contributed by atoms with Crippen molar-refractivity contribution in [1.29, 1.82) is 0 Å². The van der Waals surface area contributed by atoms with Crippen LogP contribution in [0.25, 0.3) is 5.52 Å². The Balaban J connectivity index is 1.66. The topological polar surface area (TPSA) is 133 Å². The first-order valence-corrected chi connectivity index (χ1v) is 14.2. The van der Waals surface area contributed by atoms with Crippen LogP contribution in [0.5, 0.6) is 5.88 Å². The zero-order valence-corrected chi connectivity index (χ0v) is 25.9. The van der Waals surface area contributed by atoms with Crippen molar-refractivity contribution in [2.24, 2.45) is 0 Å². The van der Waals surface area contributed by atoms with Crippen LogP contribution in [-0.4, -0.2) is 51.3 Å². The van der Waals surface area contributed by atoms with Crippen LogP contribution < -0.4 is 15.4 Å². The van der Waals surface area contributed by atoms with Crippen LogP contribution in [0.2, 0.25) is 0 Å². The fourth-order valence-electron chi connectivity index (χ4n) is 4.48. The van der Waals surface area contributed by atoms with Gasteiger partial charge in [-0.3, -0.25) is 4.79 Å². The number of aromatic nitrogens is 3. The van der Waals surface area contributed by atoms with E-state index >= 15 is 0 Å². The summed E-state index contributed by atoms with van der Waals surface area (Å²) in [5.74, 6) is -2.52. The molecule has 0 bridgehead atoms. The molecule has 0 saturated heterocycles. The molecule has 0 spiro atoms. The summed E-state index contributed by atoms with van der Waals surface area (Å²) in [5, 5.41) is 9.98. The Bertz CT molecular complexity index is 1710. The average Bonchev–Trinajstić information content (AvgIpc) is 3.29. The molecule has 4 aromatic rings. The standard InChI is InChI=1S/C32H35F2N5O6/c1-7-43-30(41)24-13-9-12-23(36-24)25(16-35-31(42)45-32(4,5)6)37-29(40)28-19(3)38-39-26(28)14-18(2)15-27(39)44-17-20-21(33)10-8-11-22(20)34/h8-15,25H,7,16-17H2,1-6H3,(H,35,42)(H,37,40). The number of nitrogens with one attached hydrogen (secondary N) is 2. The predicted octanol–water partition coefficient (Wildman–Crippen LogP) is 5.38. The number of aryl methyl sites for hydroxylation is 2. The van der Waals surface area contributed by atoms with Crippen molar-refractivity contribution in [3.8, 4) is 5.88 Å². The van der Waals surface area contributed by atoms with E-state index in [0.29, 0.717) is 16.8 Å². The maximum absolute atomic E-state index is 14.2. The normalized spacial score (nSPS) is 12.0. The summed E-state index contributed by atoms with van der Waals surface area (Å²) in [4.78, 5) is 43.0.